The fourth-order valence-corrected chi connectivity index (χ4v) is 2.24. The van der Waals surface area contributed by atoms with Gasteiger partial charge in [0.15, 0.2) is 0 Å². The first-order chi connectivity index (χ1) is 8.65. The van der Waals surface area contributed by atoms with Gasteiger partial charge in [-0.3, -0.25) is 0 Å². The number of para-hydroxylation sites is 1. The molecule has 2 rings (SSSR count). The van der Waals surface area contributed by atoms with Crippen LogP contribution in [-0.2, 0) is 6.54 Å². The van der Waals surface area contributed by atoms with Gasteiger partial charge in [0, 0.05) is 6.54 Å². The minimum atomic E-state index is -0.918. The highest BCUT2D eigenvalue weighted by Gasteiger charge is 2.14. The van der Waals surface area contributed by atoms with E-state index >= 15 is 0 Å². The summed E-state index contributed by atoms with van der Waals surface area (Å²) in [4.78, 5) is 15.5. The number of aromatic nitrogens is 2. The molecule has 0 atom stereocenters. The van der Waals surface area contributed by atoms with Gasteiger partial charge in [-0.2, -0.15) is 0 Å². The molecule has 96 valence electrons. The zero-order valence-corrected chi connectivity index (χ0v) is 10.8. The summed E-state index contributed by atoms with van der Waals surface area (Å²) in [5.41, 5.74) is 1.80. The summed E-state index contributed by atoms with van der Waals surface area (Å²) in [6, 6.07) is 5.32. The molecule has 4 heteroatoms. The summed E-state index contributed by atoms with van der Waals surface area (Å²) < 4.78 is 2.11. The summed E-state index contributed by atoms with van der Waals surface area (Å²) >= 11 is 0. The Balaban J connectivity index is 2.45. The summed E-state index contributed by atoms with van der Waals surface area (Å²) in [6.45, 7) is 5.00. The highest BCUT2D eigenvalue weighted by Crippen LogP contribution is 2.20. The third-order valence-corrected chi connectivity index (χ3v) is 3.19. The van der Waals surface area contributed by atoms with Crippen molar-refractivity contribution < 1.29 is 9.90 Å². The van der Waals surface area contributed by atoms with Crippen LogP contribution in [0.2, 0.25) is 0 Å². The average Bonchev–Trinajstić information content (AvgIpc) is 2.66. The van der Waals surface area contributed by atoms with E-state index in [9.17, 15) is 4.79 Å². The van der Waals surface area contributed by atoms with Gasteiger partial charge in [-0.05, 0) is 25.5 Å². The molecule has 0 aliphatic rings. The lowest BCUT2D eigenvalue weighted by Gasteiger charge is -2.06. The van der Waals surface area contributed by atoms with Crippen LogP contribution in [0, 0.1) is 6.92 Å². The minimum absolute atomic E-state index is 0.282. The smallest absolute Gasteiger partial charge is 0.337 e. The molecule has 0 unspecified atom stereocenters. The van der Waals surface area contributed by atoms with Crippen molar-refractivity contribution >= 4 is 17.0 Å². The zero-order valence-electron chi connectivity index (χ0n) is 10.8. The van der Waals surface area contributed by atoms with Crippen molar-refractivity contribution in [1.29, 1.82) is 0 Å². The van der Waals surface area contributed by atoms with Gasteiger partial charge < -0.3 is 9.67 Å². The second kappa shape index (κ2) is 5.21. The Morgan fingerprint density at radius 2 is 2.17 bits per heavy atom. The second-order valence-corrected chi connectivity index (χ2v) is 4.50. The Hall–Kier alpha value is -1.84. The predicted octanol–water partition coefficient (Wildman–Crippen LogP) is 3.23. The number of fused-ring (bicyclic) bond motifs is 1. The molecule has 0 saturated heterocycles. The van der Waals surface area contributed by atoms with E-state index in [4.69, 9.17) is 5.11 Å². The molecule has 1 aromatic carbocycles. The van der Waals surface area contributed by atoms with E-state index in [1.807, 2.05) is 13.0 Å². The number of benzene rings is 1. The van der Waals surface area contributed by atoms with Crippen LogP contribution in [0.3, 0.4) is 0 Å². The molecule has 0 aliphatic heterocycles. The monoisotopic (exact) mass is 246 g/mol. The first-order valence-corrected chi connectivity index (χ1v) is 6.34. The van der Waals surface area contributed by atoms with Gasteiger partial charge in [-0.1, -0.05) is 25.8 Å². The van der Waals surface area contributed by atoms with Gasteiger partial charge in [0.1, 0.15) is 11.3 Å². The van der Waals surface area contributed by atoms with Crippen molar-refractivity contribution in [3.63, 3.8) is 0 Å². The van der Waals surface area contributed by atoms with Gasteiger partial charge in [-0.15, -0.1) is 0 Å². The molecule has 0 radical (unpaired) electrons. The molecule has 0 spiro atoms. The number of aromatic carboxylic acids is 1. The SMILES string of the molecule is CCCCCn1c(C)nc2c(C(=O)O)cccc21. The van der Waals surface area contributed by atoms with E-state index < -0.39 is 5.97 Å². The van der Waals surface area contributed by atoms with Crippen LogP contribution >= 0.6 is 0 Å². The number of carbonyl (C=O) groups is 1. The summed E-state index contributed by atoms with van der Waals surface area (Å²) in [6.07, 6.45) is 3.45. The maximum Gasteiger partial charge on any atom is 0.337 e. The lowest BCUT2D eigenvalue weighted by atomic mass is 10.2. The number of unbranched alkanes of at least 4 members (excludes halogenated alkanes) is 2. The van der Waals surface area contributed by atoms with Gasteiger partial charge in [-0.25, -0.2) is 9.78 Å². The molecule has 0 bridgehead atoms. The number of imidazole rings is 1. The normalized spacial score (nSPS) is 11.0. The maximum absolute atomic E-state index is 11.1. The molecular formula is C14H18N2O2. The van der Waals surface area contributed by atoms with Gasteiger partial charge in [0.05, 0.1) is 11.1 Å². The van der Waals surface area contributed by atoms with E-state index in [2.05, 4.69) is 16.5 Å². The molecule has 0 fully saturated rings. The molecule has 2 aromatic rings. The summed E-state index contributed by atoms with van der Waals surface area (Å²) in [5.74, 6) is -0.0337. The van der Waals surface area contributed by atoms with Crippen LogP contribution < -0.4 is 0 Å². The average molecular weight is 246 g/mol. The lowest BCUT2D eigenvalue weighted by Crippen LogP contribution is -2.01. The lowest BCUT2D eigenvalue weighted by molar-refractivity contribution is 0.0699. The molecule has 1 aromatic heterocycles. The topological polar surface area (TPSA) is 55.1 Å². The van der Waals surface area contributed by atoms with Crippen molar-refractivity contribution in [3.8, 4) is 0 Å². The minimum Gasteiger partial charge on any atom is -0.478 e. The van der Waals surface area contributed by atoms with Crippen LogP contribution in [0.25, 0.3) is 11.0 Å². The van der Waals surface area contributed by atoms with E-state index in [-0.39, 0.29) is 5.56 Å². The van der Waals surface area contributed by atoms with E-state index in [1.54, 1.807) is 12.1 Å². The van der Waals surface area contributed by atoms with Crippen LogP contribution in [0.4, 0.5) is 0 Å². The summed E-state index contributed by atoms with van der Waals surface area (Å²) in [5, 5.41) is 9.15. The van der Waals surface area contributed by atoms with Crippen molar-refractivity contribution in [1.82, 2.24) is 9.55 Å². The highest BCUT2D eigenvalue weighted by atomic mass is 16.4. The second-order valence-electron chi connectivity index (χ2n) is 4.50. The summed E-state index contributed by atoms with van der Waals surface area (Å²) in [7, 11) is 0. The third kappa shape index (κ3) is 2.23. The molecule has 4 nitrogen and oxygen atoms in total. The van der Waals surface area contributed by atoms with Crippen LogP contribution in [0.5, 0.6) is 0 Å². The predicted molar refractivity (Wildman–Crippen MR) is 71.0 cm³/mol. The number of aryl methyl sites for hydroxylation is 2. The largest absolute Gasteiger partial charge is 0.478 e. The number of rotatable bonds is 5. The van der Waals surface area contributed by atoms with Crippen LogP contribution in [0.15, 0.2) is 18.2 Å². The number of nitrogens with zero attached hydrogens (tertiary/aromatic N) is 2. The molecule has 18 heavy (non-hydrogen) atoms. The first kappa shape index (κ1) is 12.6. The highest BCUT2D eigenvalue weighted by molar-refractivity contribution is 6.01. The molecule has 0 saturated carbocycles. The number of carboxylic acid groups (broad SMARTS) is 1. The number of hydrogen-bond acceptors (Lipinski definition) is 2. The molecule has 0 amide bonds. The number of carboxylic acids is 1. The van der Waals surface area contributed by atoms with Crippen molar-refractivity contribution in [2.75, 3.05) is 0 Å². The molecule has 1 heterocycles. The molecular weight excluding hydrogens is 228 g/mol. The molecule has 1 N–H and O–H groups in total. The first-order valence-electron chi connectivity index (χ1n) is 6.34. The van der Waals surface area contributed by atoms with Crippen molar-refractivity contribution in [2.45, 2.75) is 39.7 Å². The van der Waals surface area contributed by atoms with E-state index in [0.717, 1.165) is 24.3 Å². The maximum atomic E-state index is 11.1. The van der Waals surface area contributed by atoms with E-state index in [1.165, 1.54) is 12.8 Å². The van der Waals surface area contributed by atoms with Gasteiger partial charge in [0.2, 0.25) is 0 Å². The Morgan fingerprint density at radius 3 is 2.83 bits per heavy atom. The van der Waals surface area contributed by atoms with Crippen molar-refractivity contribution in [2.24, 2.45) is 0 Å². The Labute approximate surface area is 106 Å². The van der Waals surface area contributed by atoms with Crippen LogP contribution in [-0.4, -0.2) is 20.6 Å². The fraction of sp³-hybridized carbons (Fsp3) is 0.429. The van der Waals surface area contributed by atoms with Crippen molar-refractivity contribution in [3.05, 3.63) is 29.6 Å². The van der Waals surface area contributed by atoms with E-state index in [0.29, 0.717) is 5.52 Å². The third-order valence-electron chi connectivity index (χ3n) is 3.19. The number of hydrogen-bond donors (Lipinski definition) is 1. The Morgan fingerprint density at radius 1 is 1.39 bits per heavy atom. The quantitative estimate of drug-likeness (QED) is 0.824. The standard InChI is InChI=1S/C14H18N2O2/c1-3-4-5-9-16-10(2)15-13-11(14(17)18)7-6-8-12(13)16/h6-8H,3-5,9H2,1-2H3,(H,17,18). The van der Waals surface area contributed by atoms with Crippen LogP contribution in [0.1, 0.15) is 42.4 Å². The van der Waals surface area contributed by atoms with Gasteiger partial charge >= 0.3 is 5.97 Å². The Bertz CT molecular complexity index is 572. The fourth-order valence-electron chi connectivity index (χ4n) is 2.24. The Kier molecular flexibility index (Phi) is 3.65. The van der Waals surface area contributed by atoms with Gasteiger partial charge in [0.25, 0.3) is 0 Å². The molecule has 0 aliphatic carbocycles. The zero-order chi connectivity index (χ0) is 13.1.